The lowest BCUT2D eigenvalue weighted by molar-refractivity contribution is -0.136. The Hall–Kier alpha value is -1.69. The van der Waals surface area contributed by atoms with Gasteiger partial charge in [0.05, 0.1) is 5.56 Å². The number of thiophene rings is 1. The van der Waals surface area contributed by atoms with Crippen LogP contribution < -0.4 is 11.1 Å². The van der Waals surface area contributed by atoms with Crippen molar-refractivity contribution in [2.24, 2.45) is 0 Å². The molecule has 1 heterocycles. The van der Waals surface area contributed by atoms with Crippen LogP contribution in [0.3, 0.4) is 0 Å². The fraction of sp³-hybridized carbons (Fsp3) is 0.231. The van der Waals surface area contributed by atoms with E-state index in [1.807, 2.05) is 17.7 Å². The summed E-state index contributed by atoms with van der Waals surface area (Å²) in [6, 6.07) is 3.76. The summed E-state index contributed by atoms with van der Waals surface area (Å²) >= 11 is 1.53. The number of halogens is 3. The van der Waals surface area contributed by atoms with Crippen molar-refractivity contribution in [2.45, 2.75) is 19.6 Å². The molecule has 0 aliphatic rings. The van der Waals surface area contributed by atoms with E-state index in [2.05, 4.69) is 5.32 Å². The first-order valence-corrected chi connectivity index (χ1v) is 6.54. The lowest BCUT2D eigenvalue weighted by atomic mass is 10.1. The molecular weight excluding hydrogens is 273 g/mol. The number of aryl methyl sites for hydroxylation is 1. The first-order valence-electron chi connectivity index (χ1n) is 5.60. The number of nitrogen functional groups attached to an aromatic ring is 1. The normalized spacial score (nSPS) is 11.6. The lowest BCUT2D eigenvalue weighted by Gasteiger charge is -2.15. The van der Waals surface area contributed by atoms with Crippen LogP contribution >= 0.6 is 11.3 Å². The van der Waals surface area contributed by atoms with E-state index in [1.165, 1.54) is 23.5 Å². The molecule has 1 aromatic carbocycles. The molecule has 6 heteroatoms. The van der Waals surface area contributed by atoms with E-state index in [0.29, 0.717) is 6.54 Å². The van der Waals surface area contributed by atoms with Gasteiger partial charge in [-0.1, -0.05) is 0 Å². The zero-order chi connectivity index (χ0) is 14.0. The van der Waals surface area contributed by atoms with Gasteiger partial charge in [-0.15, -0.1) is 0 Å². The molecule has 0 aliphatic carbocycles. The van der Waals surface area contributed by atoms with Gasteiger partial charge >= 0.3 is 6.18 Å². The van der Waals surface area contributed by atoms with Gasteiger partial charge in [0.15, 0.2) is 0 Å². The molecule has 0 unspecified atom stereocenters. The minimum atomic E-state index is -4.42. The number of anilines is 2. The zero-order valence-corrected chi connectivity index (χ0v) is 11.0. The van der Waals surface area contributed by atoms with Crippen LogP contribution in [0.4, 0.5) is 24.5 Å². The molecule has 2 aromatic rings. The first kappa shape index (κ1) is 13.7. The van der Waals surface area contributed by atoms with E-state index in [1.54, 1.807) is 0 Å². The van der Waals surface area contributed by atoms with Crippen molar-refractivity contribution in [3.05, 3.63) is 45.6 Å². The van der Waals surface area contributed by atoms with Gasteiger partial charge in [0.2, 0.25) is 0 Å². The molecule has 1 aromatic heterocycles. The molecule has 0 atom stereocenters. The molecule has 0 fully saturated rings. The number of hydrogen-bond acceptors (Lipinski definition) is 3. The lowest BCUT2D eigenvalue weighted by Crippen LogP contribution is -2.11. The van der Waals surface area contributed by atoms with Crippen molar-refractivity contribution in [1.29, 1.82) is 0 Å². The maximum Gasteiger partial charge on any atom is 0.418 e. The van der Waals surface area contributed by atoms with E-state index in [4.69, 9.17) is 5.73 Å². The number of rotatable bonds is 3. The molecule has 0 saturated heterocycles. The molecule has 2 nitrogen and oxygen atoms in total. The van der Waals surface area contributed by atoms with Crippen molar-refractivity contribution in [3.8, 4) is 0 Å². The summed E-state index contributed by atoms with van der Waals surface area (Å²) in [5.41, 5.74) is 6.89. The maximum absolute atomic E-state index is 12.9. The predicted molar refractivity (Wildman–Crippen MR) is 72.2 cm³/mol. The van der Waals surface area contributed by atoms with Gasteiger partial charge in [0.1, 0.15) is 0 Å². The minimum Gasteiger partial charge on any atom is -0.399 e. The highest BCUT2D eigenvalue weighted by molar-refractivity contribution is 7.08. The van der Waals surface area contributed by atoms with Crippen LogP contribution in [-0.2, 0) is 12.7 Å². The van der Waals surface area contributed by atoms with Crippen LogP contribution in [0.15, 0.2) is 29.0 Å². The summed E-state index contributed by atoms with van der Waals surface area (Å²) in [7, 11) is 0. The monoisotopic (exact) mass is 286 g/mol. The number of nitrogens with one attached hydrogen (secondary N) is 1. The van der Waals surface area contributed by atoms with Gasteiger partial charge in [-0.05, 0) is 47.0 Å². The number of nitrogens with two attached hydrogens (primary N) is 1. The Kier molecular flexibility index (Phi) is 3.71. The Balaban J connectivity index is 2.23. The second-order valence-electron chi connectivity index (χ2n) is 4.24. The van der Waals surface area contributed by atoms with Crippen LogP contribution in [-0.4, -0.2) is 0 Å². The molecule has 0 radical (unpaired) electrons. The summed E-state index contributed by atoms with van der Waals surface area (Å²) in [5, 5.41) is 6.71. The number of hydrogen-bond donors (Lipinski definition) is 2. The highest BCUT2D eigenvalue weighted by Crippen LogP contribution is 2.36. The van der Waals surface area contributed by atoms with Gasteiger partial charge in [-0.25, -0.2) is 0 Å². The fourth-order valence-electron chi connectivity index (χ4n) is 1.71. The average Bonchev–Trinajstić information content (AvgIpc) is 2.72. The van der Waals surface area contributed by atoms with Gasteiger partial charge in [-0.3, -0.25) is 0 Å². The summed E-state index contributed by atoms with van der Waals surface area (Å²) in [6.45, 7) is 2.30. The topological polar surface area (TPSA) is 38.0 Å². The van der Waals surface area contributed by atoms with Gasteiger partial charge in [0, 0.05) is 17.9 Å². The quantitative estimate of drug-likeness (QED) is 0.827. The van der Waals surface area contributed by atoms with E-state index in [0.717, 1.165) is 17.2 Å². The molecule has 0 aliphatic heterocycles. The van der Waals surface area contributed by atoms with Crippen LogP contribution in [0.25, 0.3) is 0 Å². The van der Waals surface area contributed by atoms with Crippen molar-refractivity contribution >= 4 is 22.7 Å². The van der Waals surface area contributed by atoms with Gasteiger partial charge in [-0.2, -0.15) is 24.5 Å². The number of alkyl halides is 3. The molecule has 0 bridgehead atoms. The van der Waals surface area contributed by atoms with Crippen LogP contribution in [0.5, 0.6) is 0 Å². The fourth-order valence-corrected chi connectivity index (χ4v) is 2.57. The van der Waals surface area contributed by atoms with E-state index in [-0.39, 0.29) is 11.4 Å². The SMILES string of the molecule is Cc1cscc1CNc1ccc(N)cc1C(F)(F)F. The first-order chi connectivity index (χ1) is 8.88. The predicted octanol–water partition coefficient (Wildman–Crippen LogP) is 4.27. The van der Waals surface area contributed by atoms with Gasteiger partial charge in [0.25, 0.3) is 0 Å². The molecule has 19 heavy (non-hydrogen) atoms. The Morgan fingerprint density at radius 3 is 2.58 bits per heavy atom. The van der Waals surface area contributed by atoms with Crippen LogP contribution in [0.1, 0.15) is 16.7 Å². The highest BCUT2D eigenvalue weighted by atomic mass is 32.1. The highest BCUT2D eigenvalue weighted by Gasteiger charge is 2.33. The second-order valence-corrected chi connectivity index (χ2v) is 4.98. The molecule has 0 spiro atoms. The third-order valence-corrected chi connectivity index (χ3v) is 3.69. The molecular formula is C13H13F3N2S. The number of benzene rings is 1. The van der Waals surface area contributed by atoms with E-state index in [9.17, 15) is 13.2 Å². The second kappa shape index (κ2) is 5.13. The van der Waals surface area contributed by atoms with E-state index >= 15 is 0 Å². The molecule has 2 rings (SSSR count). The molecule has 0 amide bonds. The van der Waals surface area contributed by atoms with E-state index < -0.39 is 11.7 Å². The Morgan fingerprint density at radius 1 is 1.26 bits per heavy atom. The standard InChI is InChI=1S/C13H13F3N2S/c1-8-6-19-7-9(8)5-18-12-3-2-10(17)4-11(12)13(14,15)16/h2-4,6-7,18H,5,17H2,1H3. The Morgan fingerprint density at radius 2 is 2.00 bits per heavy atom. The van der Waals surface area contributed by atoms with Crippen LogP contribution in [0.2, 0.25) is 0 Å². The largest absolute Gasteiger partial charge is 0.418 e. The molecule has 0 saturated carbocycles. The molecule has 102 valence electrons. The third kappa shape index (κ3) is 3.20. The molecule has 3 N–H and O–H groups in total. The van der Waals surface area contributed by atoms with Crippen LogP contribution in [0, 0.1) is 6.92 Å². The average molecular weight is 286 g/mol. The Labute approximate surface area is 113 Å². The minimum absolute atomic E-state index is 0.0484. The van der Waals surface area contributed by atoms with Crippen molar-refractivity contribution < 1.29 is 13.2 Å². The summed E-state index contributed by atoms with van der Waals surface area (Å²) < 4.78 is 38.6. The van der Waals surface area contributed by atoms with Gasteiger partial charge < -0.3 is 11.1 Å². The maximum atomic E-state index is 12.9. The van der Waals surface area contributed by atoms with Crippen molar-refractivity contribution in [1.82, 2.24) is 0 Å². The summed E-state index contributed by atoms with van der Waals surface area (Å²) in [4.78, 5) is 0. The summed E-state index contributed by atoms with van der Waals surface area (Å²) in [6.07, 6.45) is -4.42. The van der Waals surface area contributed by atoms with Crippen molar-refractivity contribution in [3.63, 3.8) is 0 Å². The van der Waals surface area contributed by atoms with Crippen molar-refractivity contribution in [2.75, 3.05) is 11.1 Å². The third-order valence-electron chi connectivity index (χ3n) is 2.78. The smallest absolute Gasteiger partial charge is 0.399 e. The Bertz CT molecular complexity index is 576. The summed E-state index contributed by atoms with van der Waals surface area (Å²) in [5.74, 6) is 0. The zero-order valence-electron chi connectivity index (χ0n) is 10.2.